The summed E-state index contributed by atoms with van der Waals surface area (Å²) in [6.07, 6.45) is 0.587. The van der Waals surface area contributed by atoms with E-state index in [-0.39, 0.29) is 13.0 Å². The first-order valence-corrected chi connectivity index (χ1v) is 13.6. The van der Waals surface area contributed by atoms with E-state index < -0.39 is 12.9 Å². The molecular weight excluding hydrogens is 499 g/mol. The molecule has 0 saturated carbocycles. The lowest BCUT2D eigenvalue weighted by molar-refractivity contribution is -0.206. The first-order valence-electron chi connectivity index (χ1n) is 12.1. The molecule has 4 rings (SSSR count). The predicted molar refractivity (Wildman–Crippen MR) is 144 cm³/mol. The Morgan fingerprint density at radius 1 is 0.816 bits per heavy atom. The highest BCUT2D eigenvalue weighted by molar-refractivity contribution is 7.56. The van der Waals surface area contributed by atoms with Crippen LogP contribution in [0, 0.1) is 11.3 Å². The monoisotopic (exact) mass is 526 g/mol. The Morgan fingerprint density at radius 3 is 1.76 bits per heavy atom. The number of para-hydroxylation sites is 2. The van der Waals surface area contributed by atoms with Gasteiger partial charge in [-0.05, 0) is 53.9 Å². The first-order chi connectivity index (χ1) is 18.5. The van der Waals surface area contributed by atoms with Crippen LogP contribution in [-0.2, 0) is 26.1 Å². The topological polar surface area (TPSA) is 88.9 Å². The van der Waals surface area contributed by atoms with Gasteiger partial charge in [-0.25, -0.2) is 4.57 Å². The van der Waals surface area contributed by atoms with Crippen LogP contribution in [0.3, 0.4) is 0 Å². The SMILES string of the molecule is CCC(c1ccc(C#N)cc1)(N(C=O)OCc1ccccc1)P(=O)(Oc1ccccc1)Oc1ccccc1. The quantitative estimate of drug-likeness (QED) is 0.112. The Morgan fingerprint density at radius 2 is 1.32 bits per heavy atom. The molecule has 4 aromatic rings. The molecular formula is C30H27N2O5P. The second kappa shape index (κ2) is 12.2. The van der Waals surface area contributed by atoms with E-state index in [1.54, 1.807) is 79.7 Å². The van der Waals surface area contributed by atoms with E-state index in [0.29, 0.717) is 29.0 Å². The van der Waals surface area contributed by atoms with Crippen LogP contribution >= 0.6 is 7.60 Å². The number of hydroxylamine groups is 2. The maximum atomic E-state index is 15.2. The number of rotatable bonds is 12. The number of nitriles is 1. The molecule has 0 heterocycles. The van der Waals surface area contributed by atoms with Gasteiger partial charge in [-0.1, -0.05) is 85.8 Å². The number of nitrogens with zero attached hydrogens (tertiary/aromatic N) is 2. The van der Waals surface area contributed by atoms with Gasteiger partial charge in [0.1, 0.15) is 18.1 Å². The molecule has 0 saturated heterocycles. The lowest BCUT2D eigenvalue weighted by Gasteiger charge is -2.43. The van der Waals surface area contributed by atoms with Crippen molar-refractivity contribution in [3.05, 3.63) is 132 Å². The van der Waals surface area contributed by atoms with Gasteiger partial charge in [0, 0.05) is 0 Å². The number of carbonyl (C=O) groups excluding carboxylic acids is 1. The molecule has 0 bridgehead atoms. The molecule has 0 spiro atoms. The highest BCUT2D eigenvalue weighted by Gasteiger charge is 2.59. The van der Waals surface area contributed by atoms with E-state index in [1.165, 1.54) is 0 Å². The van der Waals surface area contributed by atoms with Crippen molar-refractivity contribution in [3.63, 3.8) is 0 Å². The predicted octanol–water partition coefficient (Wildman–Crippen LogP) is 7.06. The summed E-state index contributed by atoms with van der Waals surface area (Å²) in [6, 6.07) is 35.1. The Kier molecular flexibility index (Phi) is 8.60. The first kappa shape index (κ1) is 26.7. The molecule has 192 valence electrons. The van der Waals surface area contributed by atoms with Crippen LogP contribution in [0.2, 0.25) is 0 Å². The fraction of sp³-hybridized carbons (Fsp3) is 0.133. The van der Waals surface area contributed by atoms with Gasteiger partial charge < -0.3 is 9.05 Å². The van der Waals surface area contributed by atoms with Gasteiger partial charge in [-0.2, -0.15) is 10.3 Å². The van der Waals surface area contributed by atoms with Crippen molar-refractivity contribution in [1.82, 2.24) is 5.06 Å². The minimum absolute atomic E-state index is 0.0360. The zero-order valence-corrected chi connectivity index (χ0v) is 21.7. The van der Waals surface area contributed by atoms with E-state index in [2.05, 4.69) is 6.07 Å². The second-order valence-corrected chi connectivity index (χ2v) is 10.5. The van der Waals surface area contributed by atoms with Crippen molar-refractivity contribution in [2.45, 2.75) is 25.2 Å². The Hall–Kier alpha value is -4.37. The van der Waals surface area contributed by atoms with E-state index in [1.807, 2.05) is 42.5 Å². The number of carbonyl (C=O) groups is 1. The summed E-state index contributed by atoms with van der Waals surface area (Å²) in [6.45, 7) is 1.81. The van der Waals surface area contributed by atoms with Gasteiger partial charge in [0.15, 0.2) is 0 Å². The molecule has 1 unspecified atom stereocenters. The number of benzene rings is 4. The van der Waals surface area contributed by atoms with Crippen LogP contribution in [0.4, 0.5) is 0 Å². The summed E-state index contributed by atoms with van der Waals surface area (Å²) in [4.78, 5) is 18.7. The highest BCUT2D eigenvalue weighted by Crippen LogP contribution is 2.66. The molecule has 8 heteroatoms. The zero-order chi connectivity index (χ0) is 26.8. The molecule has 7 nitrogen and oxygen atoms in total. The van der Waals surface area contributed by atoms with Crippen LogP contribution < -0.4 is 9.05 Å². The standard InChI is InChI=1S/C30H27N2O5P/c1-2-30(27-20-18-25(22-31)19-21-27,32(24-33)35-23-26-12-6-3-7-13-26)38(34,36-28-14-8-4-9-15-28)37-29-16-10-5-11-17-29/h3-21,24H,2,23H2,1H3. The fourth-order valence-electron chi connectivity index (χ4n) is 4.12. The highest BCUT2D eigenvalue weighted by atomic mass is 31.2. The van der Waals surface area contributed by atoms with Crippen molar-refractivity contribution in [1.29, 1.82) is 5.26 Å². The lowest BCUT2D eigenvalue weighted by Crippen LogP contribution is -2.47. The van der Waals surface area contributed by atoms with Crippen LogP contribution in [0.15, 0.2) is 115 Å². The molecule has 1 amide bonds. The van der Waals surface area contributed by atoms with Crippen molar-refractivity contribution >= 4 is 14.0 Å². The molecule has 0 fully saturated rings. The summed E-state index contributed by atoms with van der Waals surface area (Å²) >= 11 is 0. The summed E-state index contributed by atoms with van der Waals surface area (Å²) in [5.74, 6) is 0.597. The van der Waals surface area contributed by atoms with Crippen LogP contribution in [0.1, 0.15) is 30.0 Å². The van der Waals surface area contributed by atoms with Gasteiger partial charge in [0.25, 0.3) is 0 Å². The Balaban J connectivity index is 1.90. The summed E-state index contributed by atoms with van der Waals surface area (Å²) in [7, 11) is -4.36. The maximum absolute atomic E-state index is 15.2. The Bertz CT molecular complexity index is 1360. The normalized spacial score (nSPS) is 12.5. The molecule has 38 heavy (non-hydrogen) atoms. The van der Waals surface area contributed by atoms with Gasteiger partial charge in [0.05, 0.1) is 11.6 Å². The molecule has 0 aliphatic rings. The number of hydrogen-bond donors (Lipinski definition) is 0. The van der Waals surface area contributed by atoms with Crippen LogP contribution in [0.5, 0.6) is 11.5 Å². The summed E-state index contributed by atoms with van der Waals surface area (Å²) < 4.78 is 27.6. The molecule has 0 N–H and O–H groups in total. The smallest absolute Gasteiger partial charge is 0.414 e. The molecule has 0 aliphatic carbocycles. The molecule has 4 aromatic carbocycles. The third-order valence-electron chi connectivity index (χ3n) is 6.03. The zero-order valence-electron chi connectivity index (χ0n) is 20.8. The van der Waals surface area contributed by atoms with Gasteiger partial charge in [-0.3, -0.25) is 9.63 Å². The third-order valence-corrected chi connectivity index (χ3v) is 8.61. The van der Waals surface area contributed by atoms with Crippen LogP contribution in [-0.4, -0.2) is 11.5 Å². The number of hydrogen-bond acceptors (Lipinski definition) is 6. The van der Waals surface area contributed by atoms with E-state index >= 15 is 4.57 Å². The molecule has 0 aliphatic heterocycles. The largest absolute Gasteiger partial charge is 0.463 e. The summed E-state index contributed by atoms with van der Waals surface area (Å²) in [5.41, 5.74) is 1.64. The van der Waals surface area contributed by atoms with E-state index in [4.69, 9.17) is 13.9 Å². The van der Waals surface area contributed by atoms with Gasteiger partial charge in [0.2, 0.25) is 11.7 Å². The second-order valence-electron chi connectivity index (χ2n) is 8.36. The Labute approximate surface area is 222 Å². The molecule has 1 atom stereocenters. The third kappa shape index (κ3) is 5.63. The van der Waals surface area contributed by atoms with Crippen molar-refractivity contribution < 1.29 is 23.2 Å². The van der Waals surface area contributed by atoms with Crippen molar-refractivity contribution in [2.24, 2.45) is 0 Å². The molecule has 0 radical (unpaired) electrons. The maximum Gasteiger partial charge on any atom is 0.463 e. The van der Waals surface area contributed by atoms with E-state index in [0.717, 1.165) is 10.6 Å². The molecule has 0 aromatic heterocycles. The average Bonchev–Trinajstić information content (AvgIpc) is 2.97. The van der Waals surface area contributed by atoms with E-state index in [9.17, 15) is 10.1 Å². The van der Waals surface area contributed by atoms with Gasteiger partial charge >= 0.3 is 7.60 Å². The fourth-order valence-corrected chi connectivity index (χ4v) is 6.46. The minimum atomic E-state index is -4.36. The van der Waals surface area contributed by atoms with Gasteiger partial charge in [-0.15, -0.1) is 0 Å². The van der Waals surface area contributed by atoms with Crippen molar-refractivity contribution in [3.8, 4) is 17.6 Å². The van der Waals surface area contributed by atoms with Crippen molar-refractivity contribution in [2.75, 3.05) is 0 Å². The number of amides is 1. The van der Waals surface area contributed by atoms with Crippen LogP contribution in [0.25, 0.3) is 0 Å². The average molecular weight is 527 g/mol. The summed E-state index contributed by atoms with van der Waals surface area (Å²) in [5, 5.41) is 8.66. The lowest BCUT2D eigenvalue weighted by atomic mass is 10.0. The minimum Gasteiger partial charge on any atom is -0.414 e.